The van der Waals surface area contributed by atoms with E-state index in [1.165, 1.54) is 16.6 Å². The molecule has 1 aromatic rings. The highest BCUT2D eigenvalue weighted by Crippen LogP contribution is 2.23. The van der Waals surface area contributed by atoms with Crippen LogP contribution in [0.25, 0.3) is 0 Å². The van der Waals surface area contributed by atoms with Gasteiger partial charge in [0.15, 0.2) is 0 Å². The molecule has 0 bridgehead atoms. The molecule has 0 saturated carbocycles. The fourth-order valence-corrected chi connectivity index (χ4v) is 2.64. The molecular weight excluding hydrogens is 278 g/mol. The van der Waals surface area contributed by atoms with Gasteiger partial charge in [0.2, 0.25) is 0 Å². The fraction of sp³-hybridized carbons (Fsp3) is 0.769. The fourth-order valence-electron chi connectivity index (χ4n) is 2.15. The zero-order valence-corrected chi connectivity index (χ0v) is 12.8. The highest BCUT2D eigenvalue weighted by atomic mass is 79.9. The smallest absolute Gasteiger partial charge is 0.0738 e. The van der Waals surface area contributed by atoms with Crippen molar-refractivity contribution in [3.8, 4) is 0 Å². The molecule has 17 heavy (non-hydrogen) atoms. The summed E-state index contributed by atoms with van der Waals surface area (Å²) in [5.74, 6) is 0. The number of nitrogens with two attached hydrogens (primary N) is 1. The van der Waals surface area contributed by atoms with E-state index in [1.54, 1.807) is 0 Å². The maximum atomic E-state index is 6.03. The number of hydrogen-bond donors (Lipinski definition) is 1. The number of aromatic nitrogens is 2. The Bertz CT molecular complexity index is 347. The normalized spacial score (nSPS) is 13.0. The first-order valence-corrected chi connectivity index (χ1v) is 7.36. The SMILES string of the molecule is CCCC(N)CCCc1c(Br)c(C)nn1CC. The Morgan fingerprint density at radius 2 is 2.06 bits per heavy atom. The maximum absolute atomic E-state index is 6.03. The zero-order chi connectivity index (χ0) is 12.8. The molecule has 0 amide bonds. The van der Waals surface area contributed by atoms with Gasteiger partial charge in [-0.3, -0.25) is 4.68 Å². The number of aryl methyl sites for hydroxylation is 2. The average Bonchev–Trinajstić information content (AvgIpc) is 2.57. The highest BCUT2D eigenvalue weighted by Gasteiger charge is 2.12. The first-order chi connectivity index (χ1) is 8.10. The Balaban J connectivity index is 2.51. The quantitative estimate of drug-likeness (QED) is 0.838. The molecule has 1 rings (SSSR count). The van der Waals surface area contributed by atoms with E-state index in [0.29, 0.717) is 6.04 Å². The molecule has 1 unspecified atom stereocenters. The van der Waals surface area contributed by atoms with Gasteiger partial charge in [-0.25, -0.2) is 0 Å². The Labute approximate surface area is 113 Å². The number of hydrogen-bond acceptors (Lipinski definition) is 2. The molecule has 0 fully saturated rings. The van der Waals surface area contributed by atoms with Crippen LogP contribution < -0.4 is 5.73 Å². The first-order valence-electron chi connectivity index (χ1n) is 6.57. The van der Waals surface area contributed by atoms with Gasteiger partial charge in [0.1, 0.15) is 0 Å². The summed E-state index contributed by atoms with van der Waals surface area (Å²) in [6.45, 7) is 7.29. The van der Waals surface area contributed by atoms with Crippen LogP contribution in [0.1, 0.15) is 50.9 Å². The molecule has 0 aliphatic heterocycles. The third kappa shape index (κ3) is 4.11. The van der Waals surface area contributed by atoms with Crippen LogP contribution in [-0.4, -0.2) is 15.8 Å². The predicted molar refractivity (Wildman–Crippen MR) is 76.2 cm³/mol. The zero-order valence-electron chi connectivity index (χ0n) is 11.2. The van der Waals surface area contributed by atoms with Crippen LogP contribution in [-0.2, 0) is 13.0 Å². The molecule has 1 heterocycles. The molecule has 0 spiro atoms. The van der Waals surface area contributed by atoms with Gasteiger partial charge in [0, 0.05) is 12.6 Å². The van der Waals surface area contributed by atoms with Gasteiger partial charge in [-0.15, -0.1) is 0 Å². The van der Waals surface area contributed by atoms with Gasteiger partial charge in [-0.05, 0) is 55.5 Å². The molecule has 4 heteroatoms. The third-order valence-corrected chi connectivity index (χ3v) is 4.13. The van der Waals surface area contributed by atoms with Gasteiger partial charge in [0.05, 0.1) is 15.9 Å². The number of rotatable bonds is 7. The third-order valence-electron chi connectivity index (χ3n) is 3.10. The summed E-state index contributed by atoms with van der Waals surface area (Å²) in [7, 11) is 0. The minimum absolute atomic E-state index is 0.359. The van der Waals surface area contributed by atoms with Gasteiger partial charge in [0.25, 0.3) is 0 Å². The summed E-state index contributed by atoms with van der Waals surface area (Å²) < 4.78 is 3.26. The van der Waals surface area contributed by atoms with Gasteiger partial charge >= 0.3 is 0 Å². The lowest BCUT2D eigenvalue weighted by molar-refractivity contribution is 0.525. The largest absolute Gasteiger partial charge is 0.328 e. The van der Waals surface area contributed by atoms with E-state index in [1.807, 2.05) is 6.92 Å². The van der Waals surface area contributed by atoms with Crippen molar-refractivity contribution in [3.05, 3.63) is 15.9 Å². The van der Waals surface area contributed by atoms with Crippen LogP contribution in [0.15, 0.2) is 4.47 Å². The van der Waals surface area contributed by atoms with E-state index in [-0.39, 0.29) is 0 Å². The van der Waals surface area contributed by atoms with Crippen molar-refractivity contribution in [2.45, 2.75) is 65.5 Å². The molecule has 1 aromatic heterocycles. The molecule has 0 aromatic carbocycles. The Morgan fingerprint density at radius 1 is 1.35 bits per heavy atom. The Morgan fingerprint density at radius 3 is 2.65 bits per heavy atom. The highest BCUT2D eigenvalue weighted by molar-refractivity contribution is 9.10. The van der Waals surface area contributed by atoms with Crippen LogP contribution in [0.4, 0.5) is 0 Å². The van der Waals surface area contributed by atoms with E-state index in [4.69, 9.17) is 5.73 Å². The second-order valence-electron chi connectivity index (χ2n) is 4.60. The molecule has 0 radical (unpaired) electrons. The van der Waals surface area contributed by atoms with E-state index in [9.17, 15) is 0 Å². The molecule has 0 aliphatic rings. The minimum Gasteiger partial charge on any atom is -0.328 e. The Hall–Kier alpha value is -0.350. The van der Waals surface area contributed by atoms with Crippen molar-refractivity contribution >= 4 is 15.9 Å². The second kappa shape index (κ2) is 7.17. The first kappa shape index (κ1) is 14.7. The summed E-state index contributed by atoms with van der Waals surface area (Å²) in [6.07, 6.45) is 5.62. The van der Waals surface area contributed by atoms with E-state index in [0.717, 1.165) is 37.9 Å². The summed E-state index contributed by atoms with van der Waals surface area (Å²) in [6, 6.07) is 0.359. The van der Waals surface area contributed by atoms with Crippen LogP contribution in [0.5, 0.6) is 0 Å². The molecule has 98 valence electrons. The standard InChI is InChI=1S/C13H24BrN3/c1-4-7-11(15)8-6-9-12-13(14)10(3)16-17(12)5-2/h11H,4-9,15H2,1-3H3. The molecule has 0 aliphatic carbocycles. The lowest BCUT2D eigenvalue weighted by atomic mass is 10.0. The average molecular weight is 302 g/mol. The molecule has 3 nitrogen and oxygen atoms in total. The summed E-state index contributed by atoms with van der Waals surface area (Å²) in [4.78, 5) is 0. The van der Waals surface area contributed by atoms with Crippen molar-refractivity contribution in [1.82, 2.24) is 9.78 Å². The van der Waals surface area contributed by atoms with Crippen LogP contribution in [0.3, 0.4) is 0 Å². The minimum atomic E-state index is 0.359. The number of nitrogens with zero attached hydrogens (tertiary/aromatic N) is 2. The van der Waals surface area contributed by atoms with Crippen molar-refractivity contribution in [3.63, 3.8) is 0 Å². The van der Waals surface area contributed by atoms with Gasteiger partial charge in [-0.2, -0.15) is 5.10 Å². The monoisotopic (exact) mass is 301 g/mol. The maximum Gasteiger partial charge on any atom is 0.0738 e. The summed E-state index contributed by atoms with van der Waals surface area (Å²) in [5, 5.41) is 4.50. The topological polar surface area (TPSA) is 43.8 Å². The molecule has 1 atom stereocenters. The second-order valence-corrected chi connectivity index (χ2v) is 5.40. The number of halogens is 1. The molecular formula is C13H24BrN3. The van der Waals surface area contributed by atoms with E-state index in [2.05, 4.69) is 39.6 Å². The van der Waals surface area contributed by atoms with Crippen molar-refractivity contribution in [2.24, 2.45) is 5.73 Å². The lowest BCUT2D eigenvalue weighted by Gasteiger charge is -2.10. The van der Waals surface area contributed by atoms with Crippen molar-refractivity contribution in [2.75, 3.05) is 0 Å². The van der Waals surface area contributed by atoms with Crippen LogP contribution >= 0.6 is 15.9 Å². The molecule has 2 N–H and O–H groups in total. The van der Waals surface area contributed by atoms with Gasteiger partial charge in [-0.1, -0.05) is 13.3 Å². The van der Waals surface area contributed by atoms with Crippen LogP contribution in [0.2, 0.25) is 0 Å². The predicted octanol–water partition coefficient (Wildman–Crippen LogP) is 3.42. The van der Waals surface area contributed by atoms with Crippen molar-refractivity contribution < 1.29 is 0 Å². The summed E-state index contributed by atoms with van der Waals surface area (Å²) in [5.41, 5.74) is 8.42. The Kier molecular flexibility index (Phi) is 6.20. The van der Waals surface area contributed by atoms with Crippen molar-refractivity contribution in [1.29, 1.82) is 0 Å². The van der Waals surface area contributed by atoms with E-state index < -0.39 is 0 Å². The van der Waals surface area contributed by atoms with Crippen LogP contribution in [0, 0.1) is 6.92 Å². The molecule has 0 saturated heterocycles. The summed E-state index contributed by atoms with van der Waals surface area (Å²) >= 11 is 3.63. The van der Waals surface area contributed by atoms with E-state index >= 15 is 0 Å². The van der Waals surface area contributed by atoms with Gasteiger partial charge < -0.3 is 5.73 Å². The lowest BCUT2D eigenvalue weighted by Crippen LogP contribution is -2.19.